The number of hydrogen-bond donors (Lipinski definition) is 2. The van der Waals surface area contributed by atoms with E-state index in [9.17, 15) is 18.0 Å². The van der Waals surface area contributed by atoms with Gasteiger partial charge in [0.15, 0.2) is 11.7 Å². The molecular formula is C23H18BrN3O6S3. The van der Waals surface area contributed by atoms with E-state index >= 15 is 0 Å². The maximum absolute atomic E-state index is 12.4. The average molecular weight is 609 g/mol. The van der Waals surface area contributed by atoms with Crippen LogP contribution in [-0.4, -0.2) is 39.0 Å². The van der Waals surface area contributed by atoms with Crippen LogP contribution in [0.15, 0.2) is 74.0 Å². The fourth-order valence-electron chi connectivity index (χ4n) is 2.92. The minimum absolute atomic E-state index is 0.153. The second-order valence-electron chi connectivity index (χ2n) is 7.13. The Balaban J connectivity index is 1.28. The normalized spacial score (nSPS) is 11.1. The highest BCUT2D eigenvalue weighted by Gasteiger charge is 2.17. The largest absolute Gasteiger partial charge is 0.497 e. The van der Waals surface area contributed by atoms with E-state index in [4.69, 9.17) is 9.47 Å². The van der Waals surface area contributed by atoms with E-state index in [-0.39, 0.29) is 15.5 Å². The number of halogens is 1. The summed E-state index contributed by atoms with van der Waals surface area (Å²) in [5.41, 5.74) is 2.01. The second-order valence-corrected chi connectivity index (χ2v) is 12.4. The Hall–Kier alpha value is -3.26. The summed E-state index contributed by atoms with van der Waals surface area (Å²) in [5, 5.41) is 4.77. The summed E-state index contributed by atoms with van der Waals surface area (Å²) in [5.74, 6) is -0.530. The minimum Gasteiger partial charge on any atom is -0.497 e. The number of thiazole rings is 1. The van der Waals surface area contributed by atoms with Crippen LogP contribution >= 0.6 is 38.6 Å². The van der Waals surface area contributed by atoms with Crippen molar-refractivity contribution in [1.82, 2.24) is 4.98 Å². The first-order valence-corrected chi connectivity index (χ1v) is 14.2. The van der Waals surface area contributed by atoms with Gasteiger partial charge in [0, 0.05) is 16.6 Å². The molecule has 13 heteroatoms. The number of carbonyl (C=O) groups is 2. The number of nitrogens with one attached hydrogen (secondary N) is 2. The van der Waals surface area contributed by atoms with Crippen LogP contribution in [0.2, 0.25) is 0 Å². The van der Waals surface area contributed by atoms with Gasteiger partial charge >= 0.3 is 5.97 Å². The number of carbonyl (C=O) groups excluding carboxylic acids is 2. The monoisotopic (exact) mass is 607 g/mol. The van der Waals surface area contributed by atoms with Crippen molar-refractivity contribution < 1.29 is 27.5 Å². The Morgan fingerprint density at radius 1 is 1.03 bits per heavy atom. The lowest BCUT2D eigenvalue weighted by molar-refractivity contribution is -0.119. The number of esters is 1. The van der Waals surface area contributed by atoms with Crippen molar-refractivity contribution in [3.05, 3.63) is 75.4 Å². The highest BCUT2D eigenvalue weighted by atomic mass is 79.9. The summed E-state index contributed by atoms with van der Waals surface area (Å²) in [4.78, 5) is 28.9. The average Bonchev–Trinajstić information content (AvgIpc) is 3.52. The maximum atomic E-state index is 12.4. The topological polar surface area (TPSA) is 124 Å². The molecule has 0 spiro atoms. The molecule has 9 nitrogen and oxygen atoms in total. The van der Waals surface area contributed by atoms with Gasteiger partial charge in [0.05, 0.1) is 22.2 Å². The van der Waals surface area contributed by atoms with E-state index < -0.39 is 28.5 Å². The zero-order valence-electron chi connectivity index (χ0n) is 18.6. The molecule has 0 radical (unpaired) electrons. The van der Waals surface area contributed by atoms with Crippen molar-refractivity contribution in [3.8, 4) is 17.0 Å². The van der Waals surface area contributed by atoms with Gasteiger partial charge in [0.25, 0.3) is 15.9 Å². The van der Waals surface area contributed by atoms with Gasteiger partial charge in [-0.3, -0.25) is 14.8 Å². The highest BCUT2D eigenvalue weighted by molar-refractivity contribution is 9.11. The Bertz CT molecular complexity index is 1480. The number of sulfonamides is 1. The number of anilines is 2. The molecule has 0 unspecified atom stereocenters. The van der Waals surface area contributed by atoms with Gasteiger partial charge in [0.2, 0.25) is 0 Å². The molecule has 0 bridgehead atoms. The van der Waals surface area contributed by atoms with E-state index in [1.165, 1.54) is 41.7 Å². The SMILES string of the molecule is COc1ccc(-c2csc(NC(=O)COC(=O)c3ccc(NS(=O)(=O)c4ccc(Br)s4)cc3)n2)cc1. The standard InChI is InChI=1S/C23H18BrN3O6S3/c1-32-17-8-4-14(5-9-17)18-13-34-23(25-18)26-20(28)12-33-22(29)15-2-6-16(7-3-15)27-36(30,31)21-11-10-19(24)35-21/h2-11,13,27H,12H2,1H3,(H,25,26,28). The third-order valence-electron chi connectivity index (χ3n) is 4.66. The van der Waals surface area contributed by atoms with Gasteiger partial charge in [-0.05, 0) is 76.6 Å². The van der Waals surface area contributed by atoms with Crippen LogP contribution in [0.1, 0.15) is 10.4 Å². The molecule has 2 N–H and O–H groups in total. The zero-order chi connectivity index (χ0) is 25.7. The molecule has 186 valence electrons. The number of benzene rings is 2. The van der Waals surface area contributed by atoms with Gasteiger partial charge in [-0.15, -0.1) is 22.7 Å². The summed E-state index contributed by atoms with van der Waals surface area (Å²) in [6.07, 6.45) is 0. The molecule has 0 fully saturated rings. The van der Waals surface area contributed by atoms with Crippen molar-refractivity contribution in [1.29, 1.82) is 0 Å². The van der Waals surface area contributed by atoms with E-state index in [2.05, 4.69) is 31.0 Å². The quantitative estimate of drug-likeness (QED) is 0.249. The molecule has 4 rings (SSSR count). The molecule has 2 aromatic carbocycles. The molecule has 2 aromatic heterocycles. The predicted molar refractivity (Wildman–Crippen MR) is 142 cm³/mol. The lowest BCUT2D eigenvalue weighted by Gasteiger charge is -2.08. The Kier molecular flexibility index (Phi) is 8.04. The Morgan fingerprint density at radius 3 is 2.39 bits per heavy atom. The van der Waals surface area contributed by atoms with Crippen molar-refractivity contribution in [2.45, 2.75) is 4.21 Å². The predicted octanol–water partition coefficient (Wildman–Crippen LogP) is 5.24. The second kappa shape index (κ2) is 11.2. The fourth-order valence-corrected chi connectivity index (χ4v) is 6.72. The molecule has 4 aromatic rings. The van der Waals surface area contributed by atoms with E-state index in [1.54, 1.807) is 18.6 Å². The molecule has 2 heterocycles. The lowest BCUT2D eigenvalue weighted by Crippen LogP contribution is -2.20. The number of ether oxygens (including phenoxy) is 2. The van der Waals surface area contributed by atoms with Gasteiger partial charge in [-0.1, -0.05) is 0 Å². The summed E-state index contributed by atoms with van der Waals surface area (Å²) >= 11 is 5.56. The summed E-state index contributed by atoms with van der Waals surface area (Å²) < 4.78 is 38.3. The van der Waals surface area contributed by atoms with Crippen LogP contribution in [-0.2, 0) is 19.6 Å². The summed E-state index contributed by atoms with van der Waals surface area (Å²) in [7, 11) is -2.15. The molecule has 0 aliphatic carbocycles. The zero-order valence-corrected chi connectivity index (χ0v) is 22.6. The molecule has 36 heavy (non-hydrogen) atoms. The van der Waals surface area contributed by atoms with Crippen LogP contribution < -0.4 is 14.8 Å². The smallest absolute Gasteiger partial charge is 0.338 e. The van der Waals surface area contributed by atoms with Crippen LogP contribution in [0, 0.1) is 0 Å². The molecule has 0 saturated heterocycles. The number of thiophene rings is 1. The van der Waals surface area contributed by atoms with E-state index in [1.807, 2.05) is 24.3 Å². The molecule has 0 aliphatic heterocycles. The maximum Gasteiger partial charge on any atom is 0.338 e. The summed E-state index contributed by atoms with van der Waals surface area (Å²) in [6, 6.07) is 16.2. The van der Waals surface area contributed by atoms with Gasteiger partial charge in [-0.25, -0.2) is 18.2 Å². The van der Waals surface area contributed by atoms with Gasteiger partial charge in [-0.2, -0.15) is 0 Å². The number of aromatic nitrogens is 1. The van der Waals surface area contributed by atoms with Crippen molar-refractivity contribution in [2.75, 3.05) is 23.8 Å². The van der Waals surface area contributed by atoms with Crippen molar-refractivity contribution in [2.24, 2.45) is 0 Å². The molecule has 0 atom stereocenters. The van der Waals surface area contributed by atoms with E-state index in [0.717, 1.165) is 22.6 Å². The fraction of sp³-hybridized carbons (Fsp3) is 0.0870. The molecular weight excluding hydrogens is 590 g/mol. The molecule has 0 saturated carbocycles. The summed E-state index contributed by atoms with van der Waals surface area (Å²) in [6.45, 7) is -0.502. The number of nitrogens with zero attached hydrogens (tertiary/aromatic N) is 1. The third-order valence-corrected chi connectivity index (χ3v) is 8.91. The molecule has 1 amide bonds. The van der Waals surface area contributed by atoms with Gasteiger partial charge < -0.3 is 9.47 Å². The number of rotatable bonds is 9. The third kappa shape index (κ3) is 6.49. The molecule has 0 aliphatic rings. The first-order valence-electron chi connectivity index (χ1n) is 10.2. The van der Waals surface area contributed by atoms with Gasteiger partial charge in [0.1, 0.15) is 9.96 Å². The van der Waals surface area contributed by atoms with Crippen LogP contribution in [0.3, 0.4) is 0 Å². The Labute approximate surface area is 223 Å². The minimum atomic E-state index is -3.74. The highest BCUT2D eigenvalue weighted by Crippen LogP contribution is 2.28. The van der Waals surface area contributed by atoms with Crippen molar-refractivity contribution in [3.63, 3.8) is 0 Å². The van der Waals surface area contributed by atoms with Crippen molar-refractivity contribution >= 4 is 71.3 Å². The van der Waals surface area contributed by atoms with Crippen LogP contribution in [0.4, 0.5) is 10.8 Å². The Morgan fingerprint density at radius 2 is 1.75 bits per heavy atom. The van der Waals surface area contributed by atoms with E-state index in [0.29, 0.717) is 14.6 Å². The number of methoxy groups -OCH3 is 1. The lowest BCUT2D eigenvalue weighted by atomic mass is 10.2. The first kappa shape index (κ1) is 25.8. The first-order chi connectivity index (χ1) is 17.2. The number of hydrogen-bond acceptors (Lipinski definition) is 9. The number of amides is 1. The van der Waals surface area contributed by atoms with Crippen LogP contribution in [0.5, 0.6) is 5.75 Å². The van der Waals surface area contributed by atoms with Crippen LogP contribution in [0.25, 0.3) is 11.3 Å².